The van der Waals surface area contributed by atoms with Gasteiger partial charge in [0.2, 0.25) is 15.8 Å². The average molecular weight is 403 g/mol. The largest absolute Gasteiger partial charge is 0.450 e. The minimum atomic E-state index is -3.87. The van der Waals surface area contributed by atoms with E-state index in [1.165, 1.54) is 28.6 Å². The maximum atomic E-state index is 12.7. The van der Waals surface area contributed by atoms with Crippen molar-refractivity contribution in [2.45, 2.75) is 11.8 Å². The maximum absolute atomic E-state index is 12.7. The molecule has 0 spiro atoms. The van der Waals surface area contributed by atoms with Crippen molar-refractivity contribution in [3.63, 3.8) is 0 Å². The Hall–Kier alpha value is -3.00. The van der Waals surface area contributed by atoms with Crippen molar-refractivity contribution in [1.29, 1.82) is 5.26 Å². The number of hydrogen-bond donors (Lipinski definition) is 0. The molecule has 2 aromatic carbocycles. The van der Waals surface area contributed by atoms with Crippen LogP contribution in [0.4, 0.5) is 5.69 Å². The van der Waals surface area contributed by atoms with E-state index in [1.54, 1.807) is 13.0 Å². The monoisotopic (exact) mass is 403 g/mol. The lowest BCUT2D eigenvalue weighted by Crippen LogP contribution is -2.40. The van der Waals surface area contributed by atoms with Crippen molar-refractivity contribution in [3.8, 4) is 17.6 Å². The van der Waals surface area contributed by atoms with Gasteiger partial charge < -0.3 is 9.47 Å². The van der Waals surface area contributed by atoms with Gasteiger partial charge in [-0.3, -0.25) is 10.1 Å². The van der Waals surface area contributed by atoms with E-state index < -0.39 is 20.6 Å². The molecule has 10 heteroatoms. The SMILES string of the molecule is Cc1cc(C#N)ccc1Oc1ccc(S(=O)(=O)N2CCOCC2)cc1[N+](=O)[O-]. The van der Waals surface area contributed by atoms with Crippen LogP contribution >= 0.6 is 0 Å². The Morgan fingerprint density at radius 1 is 1.18 bits per heavy atom. The highest BCUT2D eigenvalue weighted by Crippen LogP contribution is 2.35. The summed E-state index contributed by atoms with van der Waals surface area (Å²) >= 11 is 0. The number of nitriles is 1. The molecule has 0 saturated carbocycles. The van der Waals surface area contributed by atoms with E-state index in [-0.39, 0.29) is 36.9 Å². The standard InChI is InChI=1S/C18H17N3O6S/c1-13-10-14(12-19)2-4-17(13)27-18-5-3-15(11-16(18)21(22)23)28(24,25)20-6-8-26-9-7-20/h2-5,10-11H,6-9H2,1H3. The highest BCUT2D eigenvalue weighted by molar-refractivity contribution is 7.89. The molecule has 3 rings (SSSR count). The van der Waals surface area contributed by atoms with Crippen LogP contribution in [0.3, 0.4) is 0 Å². The molecule has 1 saturated heterocycles. The fourth-order valence-corrected chi connectivity index (χ4v) is 4.20. The molecule has 1 heterocycles. The minimum Gasteiger partial charge on any atom is -0.450 e. The fraction of sp³-hybridized carbons (Fsp3) is 0.278. The zero-order chi connectivity index (χ0) is 20.3. The van der Waals surface area contributed by atoms with Gasteiger partial charge in [0.15, 0.2) is 0 Å². The first-order valence-electron chi connectivity index (χ1n) is 8.38. The first-order chi connectivity index (χ1) is 13.3. The summed E-state index contributed by atoms with van der Waals surface area (Å²) in [6.45, 7) is 2.65. The number of nitrogens with zero attached hydrogens (tertiary/aromatic N) is 3. The fourth-order valence-electron chi connectivity index (χ4n) is 2.77. The third kappa shape index (κ3) is 3.96. The van der Waals surface area contributed by atoms with Crippen LogP contribution < -0.4 is 4.74 Å². The van der Waals surface area contributed by atoms with Gasteiger partial charge in [-0.1, -0.05) is 0 Å². The van der Waals surface area contributed by atoms with Crippen LogP contribution in [0, 0.1) is 28.4 Å². The minimum absolute atomic E-state index is 0.0845. The summed E-state index contributed by atoms with van der Waals surface area (Å²) in [4.78, 5) is 10.6. The Balaban J connectivity index is 1.96. The van der Waals surface area contributed by atoms with E-state index in [1.807, 2.05) is 6.07 Å². The third-order valence-corrected chi connectivity index (χ3v) is 6.15. The molecule has 1 aliphatic rings. The predicted octanol–water partition coefficient (Wildman–Crippen LogP) is 2.59. The van der Waals surface area contributed by atoms with Crippen molar-refractivity contribution in [2.24, 2.45) is 0 Å². The number of sulfonamides is 1. The summed E-state index contributed by atoms with van der Waals surface area (Å²) < 4.78 is 37.5. The number of nitro benzene ring substituents is 1. The lowest BCUT2D eigenvalue weighted by molar-refractivity contribution is -0.385. The van der Waals surface area contributed by atoms with Crippen molar-refractivity contribution in [1.82, 2.24) is 4.31 Å². The quantitative estimate of drug-likeness (QED) is 0.555. The lowest BCUT2D eigenvalue weighted by Gasteiger charge is -2.26. The van der Waals surface area contributed by atoms with Gasteiger partial charge in [0, 0.05) is 19.2 Å². The second-order valence-corrected chi connectivity index (χ2v) is 8.04. The molecule has 0 aliphatic carbocycles. The van der Waals surface area contributed by atoms with E-state index in [2.05, 4.69) is 0 Å². The van der Waals surface area contributed by atoms with Gasteiger partial charge in [0.1, 0.15) is 5.75 Å². The van der Waals surface area contributed by atoms with E-state index in [4.69, 9.17) is 14.7 Å². The Morgan fingerprint density at radius 3 is 2.46 bits per heavy atom. The Morgan fingerprint density at radius 2 is 1.86 bits per heavy atom. The summed E-state index contributed by atoms with van der Waals surface area (Å²) in [5.74, 6) is 0.254. The average Bonchev–Trinajstić information content (AvgIpc) is 2.70. The van der Waals surface area contributed by atoms with Crippen LogP contribution in [0.5, 0.6) is 11.5 Å². The van der Waals surface area contributed by atoms with Crippen LogP contribution in [-0.4, -0.2) is 43.9 Å². The summed E-state index contributed by atoms with van der Waals surface area (Å²) in [5.41, 5.74) is 0.600. The molecule has 0 amide bonds. The van der Waals surface area contributed by atoms with E-state index in [0.29, 0.717) is 16.9 Å². The molecule has 0 atom stereocenters. The lowest BCUT2D eigenvalue weighted by atomic mass is 10.1. The first kappa shape index (κ1) is 19.8. The molecular formula is C18H17N3O6S. The molecule has 2 aromatic rings. The second-order valence-electron chi connectivity index (χ2n) is 6.10. The maximum Gasteiger partial charge on any atom is 0.312 e. The molecule has 0 unspecified atom stereocenters. The van der Waals surface area contributed by atoms with Crippen LogP contribution in [0.2, 0.25) is 0 Å². The van der Waals surface area contributed by atoms with Gasteiger partial charge in [-0.05, 0) is 42.8 Å². The molecule has 9 nitrogen and oxygen atoms in total. The van der Waals surface area contributed by atoms with Crippen molar-refractivity contribution in [2.75, 3.05) is 26.3 Å². The van der Waals surface area contributed by atoms with Gasteiger partial charge in [-0.15, -0.1) is 0 Å². The highest BCUT2D eigenvalue weighted by Gasteiger charge is 2.29. The zero-order valence-electron chi connectivity index (χ0n) is 15.0. The van der Waals surface area contributed by atoms with E-state index >= 15 is 0 Å². The second kappa shape index (κ2) is 7.93. The topological polar surface area (TPSA) is 123 Å². The predicted molar refractivity (Wildman–Crippen MR) is 98.6 cm³/mol. The van der Waals surface area contributed by atoms with E-state index in [9.17, 15) is 18.5 Å². The van der Waals surface area contributed by atoms with E-state index in [0.717, 1.165) is 6.07 Å². The summed E-state index contributed by atoms with van der Waals surface area (Å²) in [7, 11) is -3.87. The molecule has 0 radical (unpaired) electrons. The molecule has 0 bridgehead atoms. The van der Waals surface area contributed by atoms with Crippen molar-refractivity contribution in [3.05, 3.63) is 57.6 Å². The number of aryl methyl sites for hydroxylation is 1. The summed E-state index contributed by atoms with van der Waals surface area (Å²) in [6, 6.07) is 10.2. The van der Waals surface area contributed by atoms with Crippen LogP contribution in [-0.2, 0) is 14.8 Å². The summed E-state index contributed by atoms with van der Waals surface area (Å²) in [5, 5.41) is 20.4. The molecule has 0 aromatic heterocycles. The van der Waals surface area contributed by atoms with Crippen molar-refractivity contribution < 1.29 is 22.8 Å². The molecule has 0 N–H and O–H groups in total. The highest BCUT2D eigenvalue weighted by atomic mass is 32.2. The Kier molecular flexibility index (Phi) is 5.60. The number of ether oxygens (including phenoxy) is 2. The van der Waals surface area contributed by atoms with Gasteiger partial charge in [-0.25, -0.2) is 8.42 Å². The van der Waals surface area contributed by atoms with Crippen LogP contribution in [0.1, 0.15) is 11.1 Å². The number of benzene rings is 2. The Labute approximate surface area is 161 Å². The number of morpholine rings is 1. The number of nitro groups is 1. The van der Waals surface area contributed by atoms with Gasteiger partial charge in [0.05, 0.1) is 34.7 Å². The molecule has 1 fully saturated rings. The first-order valence-corrected chi connectivity index (χ1v) is 9.82. The third-order valence-electron chi connectivity index (χ3n) is 4.26. The molecule has 28 heavy (non-hydrogen) atoms. The normalized spacial score (nSPS) is 15.0. The van der Waals surface area contributed by atoms with Crippen LogP contribution in [0.15, 0.2) is 41.3 Å². The van der Waals surface area contributed by atoms with Crippen molar-refractivity contribution >= 4 is 15.7 Å². The molecule has 146 valence electrons. The molecule has 1 aliphatic heterocycles. The van der Waals surface area contributed by atoms with Gasteiger partial charge in [-0.2, -0.15) is 9.57 Å². The van der Waals surface area contributed by atoms with Gasteiger partial charge in [0.25, 0.3) is 0 Å². The Bertz CT molecular complexity index is 1060. The smallest absolute Gasteiger partial charge is 0.312 e. The number of rotatable bonds is 5. The number of hydrogen-bond acceptors (Lipinski definition) is 7. The summed E-state index contributed by atoms with van der Waals surface area (Å²) in [6.07, 6.45) is 0. The van der Waals surface area contributed by atoms with Crippen LogP contribution in [0.25, 0.3) is 0 Å². The molecular weight excluding hydrogens is 386 g/mol. The zero-order valence-corrected chi connectivity index (χ0v) is 15.8. The van der Waals surface area contributed by atoms with Gasteiger partial charge >= 0.3 is 5.69 Å².